The van der Waals surface area contributed by atoms with Crippen molar-refractivity contribution in [3.05, 3.63) is 294 Å². The summed E-state index contributed by atoms with van der Waals surface area (Å²) in [6, 6.07) is 99.9. The molecule has 0 unspecified atom stereocenters. The maximum atomic E-state index is 2.70. The topological polar surface area (TPSA) is 3.24 Å². The molecule has 350 valence electrons. The van der Waals surface area contributed by atoms with Crippen molar-refractivity contribution in [2.24, 2.45) is 23.7 Å². The van der Waals surface area contributed by atoms with Gasteiger partial charge in [-0.25, -0.2) is 0 Å². The van der Waals surface area contributed by atoms with Gasteiger partial charge < -0.3 is 4.90 Å². The summed E-state index contributed by atoms with van der Waals surface area (Å²) in [5.74, 6) is 2.96. The third-order valence-corrected chi connectivity index (χ3v) is 23.5. The summed E-state index contributed by atoms with van der Waals surface area (Å²) >= 11 is 0. The normalized spacial score (nSPS) is 21.3. The molecule has 0 saturated heterocycles. The summed E-state index contributed by atoms with van der Waals surface area (Å²) in [6.45, 7) is 0. The molecule has 0 heterocycles. The molecule has 1 nitrogen and oxygen atoms in total. The van der Waals surface area contributed by atoms with E-state index in [1.807, 2.05) is 0 Å². The molecule has 4 bridgehead atoms. The fraction of sp³-hybridized carbons (Fsp3) is 0.155. The first-order valence-electron chi connectivity index (χ1n) is 26.8. The van der Waals surface area contributed by atoms with Gasteiger partial charge in [0.1, 0.15) is 0 Å². The Kier molecular flexibility index (Phi) is 9.76. The number of hydrogen-bond acceptors (Lipinski definition) is 1. The second-order valence-corrected chi connectivity index (χ2v) is 25.7. The number of fused-ring (bicyclic) bond motifs is 9. The summed E-state index contributed by atoms with van der Waals surface area (Å²) in [5, 5.41) is 5.54. The van der Waals surface area contributed by atoms with Gasteiger partial charge in [0.15, 0.2) is 8.07 Å². The Labute approximate surface area is 431 Å². The zero-order valence-corrected chi connectivity index (χ0v) is 42.1. The first-order chi connectivity index (χ1) is 36.2. The smallest absolute Gasteiger partial charge is 0.179 e. The van der Waals surface area contributed by atoms with E-state index in [2.05, 4.69) is 266 Å². The van der Waals surface area contributed by atoms with Crippen LogP contribution in [0, 0.1) is 23.7 Å². The van der Waals surface area contributed by atoms with Gasteiger partial charge in [-0.2, -0.15) is 0 Å². The Bertz CT molecular complexity index is 3510. The van der Waals surface area contributed by atoms with Crippen LogP contribution < -0.4 is 25.6 Å². The monoisotopic (exact) mass is 951 g/mol. The predicted molar refractivity (Wildman–Crippen MR) is 305 cm³/mol. The molecule has 0 amide bonds. The summed E-state index contributed by atoms with van der Waals surface area (Å²) < 4.78 is 0. The number of anilines is 3. The van der Waals surface area contributed by atoms with Crippen molar-refractivity contribution < 1.29 is 0 Å². The van der Waals surface area contributed by atoms with Crippen LogP contribution in [0.4, 0.5) is 17.1 Å². The van der Waals surface area contributed by atoms with Crippen molar-refractivity contribution >= 4 is 45.9 Å². The summed E-state index contributed by atoms with van der Waals surface area (Å²) in [5.41, 5.74) is 17.3. The number of para-hydroxylation sites is 1. The van der Waals surface area contributed by atoms with Crippen LogP contribution in [0.5, 0.6) is 0 Å². The lowest BCUT2D eigenvalue weighted by molar-refractivity contribution is -0.0440. The highest BCUT2D eigenvalue weighted by Crippen LogP contribution is 2.71. The molecule has 4 fully saturated rings. The Hall–Kier alpha value is -7.78. The average molecular weight is 952 g/mol. The van der Waals surface area contributed by atoms with Gasteiger partial charge in [0.2, 0.25) is 0 Å². The van der Waals surface area contributed by atoms with Gasteiger partial charge in [-0.05, 0) is 169 Å². The molecule has 16 rings (SSSR count). The number of rotatable bonds is 8. The van der Waals surface area contributed by atoms with E-state index in [0.717, 1.165) is 17.5 Å². The summed E-state index contributed by atoms with van der Waals surface area (Å²) in [6.07, 6.45) is 6.78. The minimum Gasteiger partial charge on any atom is -0.310 e. The molecule has 0 N–H and O–H groups in total. The van der Waals surface area contributed by atoms with E-state index in [1.165, 1.54) is 109 Å². The standard InChI is InChI=1S/C71H57NSi/c1-5-19-55(20-6-1)72(56-37-33-51(34-38-56)52-35-40-61(41-36-52)73(58-21-7-2-8-22-58,59-23-9-3-10-24-59)60-25-11-4-12-26-60)57-39-42-68-69(48-57)70(53-44-49-43-50(46-53)47-54(70)45-49)66-31-17-18-32-67(66)71(68)64-29-15-13-27-62(64)63-28-14-16-30-65(63)71/h1-42,48-50,53-54H,43-47H2. The minimum atomic E-state index is -2.63. The summed E-state index contributed by atoms with van der Waals surface area (Å²) in [7, 11) is -2.63. The van der Waals surface area contributed by atoms with E-state index in [0.29, 0.717) is 11.8 Å². The molecule has 6 aliphatic rings. The zero-order chi connectivity index (χ0) is 48.1. The molecule has 73 heavy (non-hydrogen) atoms. The van der Waals surface area contributed by atoms with Crippen LogP contribution in [0.1, 0.15) is 65.5 Å². The van der Waals surface area contributed by atoms with Crippen LogP contribution >= 0.6 is 0 Å². The second kappa shape index (κ2) is 16.6. The molecule has 4 saturated carbocycles. The number of nitrogens with zero attached hydrogens (tertiary/aromatic N) is 1. The highest BCUT2D eigenvalue weighted by Gasteiger charge is 2.64. The van der Waals surface area contributed by atoms with E-state index in [-0.39, 0.29) is 5.41 Å². The van der Waals surface area contributed by atoms with Crippen molar-refractivity contribution in [1.82, 2.24) is 0 Å². The average Bonchev–Trinajstić information content (AvgIpc) is 3.76. The van der Waals surface area contributed by atoms with Gasteiger partial charge in [-0.3, -0.25) is 0 Å². The van der Waals surface area contributed by atoms with Gasteiger partial charge in [0.05, 0.1) is 5.41 Å². The highest BCUT2D eigenvalue weighted by molar-refractivity contribution is 7.19. The third-order valence-electron chi connectivity index (χ3n) is 18.7. The SMILES string of the molecule is c1ccc(N(c2ccc(-c3ccc([Si](c4ccccc4)(c4ccccc4)c4ccccc4)cc3)cc2)c2ccc3c(c2)C2(c4ccccc4C34c3ccccc3-c3ccccc34)C3CC4CC(C3)CC2C4)cc1. The van der Waals surface area contributed by atoms with E-state index in [9.17, 15) is 0 Å². The molecule has 2 spiro atoms. The maximum Gasteiger partial charge on any atom is 0.179 e. The Morgan fingerprint density at radius 3 is 1.21 bits per heavy atom. The van der Waals surface area contributed by atoms with Gasteiger partial charge in [0.25, 0.3) is 0 Å². The van der Waals surface area contributed by atoms with Crippen LogP contribution in [0.3, 0.4) is 0 Å². The molecule has 0 atom stereocenters. The van der Waals surface area contributed by atoms with E-state index in [1.54, 1.807) is 11.1 Å². The van der Waals surface area contributed by atoms with Crippen LogP contribution in [-0.2, 0) is 10.8 Å². The lowest BCUT2D eigenvalue weighted by Gasteiger charge is -2.65. The molecule has 10 aromatic carbocycles. The van der Waals surface area contributed by atoms with Gasteiger partial charge in [-0.15, -0.1) is 0 Å². The van der Waals surface area contributed by atoms with E-state index in [4.69, 9.17) is 0 Å². The molecule has 2 heteroatoms. The van der Waals surface area contributed by atoms with Crippen LogP contribution in [0.2, 0.25) is 0 Å². The predicted octanol–water partition coefficient (Wildman–Crippen LogP) is 14.6. The second-order valence-electron chi connectivity index (χ2n) is 21.9. The van der Waals surface area contributed by atoms with Crippen LogP contribution in [0.15, 0.2) is 261 Å². The number of hydrogen-bond donors (Lipinski definition) is 0. The van der Waals surface area contributed by atoms with E-state index >= 15 is 0 Å². The molecule has 0 radical (unpaired) electrons. The lowest BCUT2D eigenvalue weighted by Crippen LogP contribution is -2.74. The fourth-order valence-corrected chi connectivity index (χ4v) is 21.0. The molecular formula is C71H57NSi. The minimum absolute atomic E-state index is 0.0482. The van der Waals surface area contributed by atoms with Crippen molar-refractivity contribution in [1.29, 1.82) is 0 Å². The molecule has 0 aliphatic heterocycles. The Morgan fingerprint density at radius 1 is 0.301 bits per heavy atom. The van der Waals surface area contributed by atoms with Crippen LogP contribution in [0.25, 0.3) is 22.3 Å². The molecule has 10 aromatic rings. The first-order valence-corrected chi connectivity index (χ1v) is 28.8. The van der Waals surface area contributed by atoms with Crippen LogP contribution in [-0.4, -0.2) is 8.07 Å². The first kappa shape index (κ1) is 42.9. The summed E-state index contributed by atoms with van der Waals surface area (Å²) in [4.78, 5) is 2.53. The molecule has 6 aliphatic carbocycles. The van der Waals surface area contributed by atoms with Crippen molar-refractivity contribution in [3.63, 3.8) is 0 Å². The number of benzene rings is 10. The maximum absolute atomic E-state index is 2.70. The van der Waals surface area contributed by atoms with Gasteiger partial charge in [0, 0.05) is 22.5 Å². The highest BCUT2D eigenvalue weighted by atomic mass is 28.3. The van der Waals surface area contributed by atoms with Crippen molar-refractivity contribution in [2.45, 2.75) is 42.9 Å². The zero-order valence-electron chi connectivity index (χ0n) is 41.1. The van der Waals surface area contributed by atoms with E-state index < -0.39 is 13.5 Å². The molecule has 0 aromatic heterocycles. The lowest BCUT2D eigenvalue weighted by atomic mass is 9.38. The largest absolute Gasteiger partial charge is 0.310 e. The third kappa shape index (κ3) is 6.08. The Balaban J connectivity index is 0.882. The van der Waals surface area contributed by atoms with Crippen molar-refractivity contribution in [3.8, 4) is 22.3 Å². The molecular weight excluding hydrogens is 895 g/mol. The fourth-order valence-electron chi connectivity index (χ4n) is 16.2. The Morgan fingerprint density at radius 2 is 0.685 bits per heavy atom. The van der Waals surface area contributed by atoms with Gasteiger partial charge >= 0.3 is 0 Å². The van der Waals surface area contributed by atoms with Gasteiger partial charge in [-0.1, -0.05) is 224 Å². The van der Waals surface area contributed by atoms with Crippen molar-refractivity contribution in [2.75, 3.05) is 4.90 Å². The quantitative estimate of drug-likeness (QED) is 0.108.